The third kappa shape index (κ3) is 2.80. The number of benzene rings is 2. The van der Waals surface area contributed by atoms with Gasteiger partial charge in [0.15, 0.2) is 6.23 Å². The number of aliphatic hydroxyl groups excluding tert-OH is 1. The zero-order valence-corrected chi connectivity index (χ0v) is 13.1. The summed E-state index contributed by atoms with van der Waals surface area (Å²) in [6, 6.07) is 14.3. The highest BCUT2D eigenvalue weighted by atomic mass is 16.5. The van der Waals surface area contributed by atoms with Gasteiger partial charge in [0.05, 0.1) is 5.52 Å². The molecule has 0 aliphatic rings. The largest absolute Gasteiger partial charge is 0.472 e. The lowest BCUT2D eigenvalue weighted by atomic mass is 10.1. The van der Waals surface area contributed by atoms with Gasteiger partial charge in [-0.3, -0.25) is 5.32 Å². The second-order valence-corrected chi connectivity index (χ2v) is 5.95. The van der Waals surface area contributed by atoms with Crippen molar-refractivity contribution in [2.24, 2.45) is 0 Å². The number of fused-ring (bicyclic) bond motifs is 3. The van der Waals surface area contributed by atoms with Gasteiger partial charge in [-0.15, -0.1) is 0 Å². The van der Waals surface area contributed by atoms with Crippen LogP contribution in [0.4, 0.5) is 0 Å². The van der Waals surface area contributed by atoms with Gasteiger partial charge in [0.1, 0.15) is 11.9 Å². The first-order valence-corrected chi connectivity index (χ1v) is 7.66. The van der Waals surface area contributed by atoms with Crippen molar-refractivity contribution in [1.82, 2.24) is 10.3 Å². The number of aliphatic hydroxyl groups is 1. The fraction of sp³-hybridized carbons (Fsp3) is 0.333. The zero-order chi connectivity index (χ0) is 15.7. The quantitative estimate of drug-likeness (QED) is 0.633. The molecule has 0 aliphatic heterocycles. The lowest BCUT2D eigenvalue weighted by Crippen LogP contribution is -2.46. The van der Waals surface area contributed by atoms with Gasteiger partial charge in [-0.2, -0.15) is 0 Å². The van der Waals surface area contributed by atoms with E-state index < -0.39 is 12.3 Å². The summed E-state index contributed by atoms with van der Waals surface area (Å²) in [6.07, 6.45) is -1.05. The summed E-state index contributed by atoms with van der Waals surface area (Å²) in [6.45, 7) is 5.80. The third-order valence-corrected chi connectivity index (χ3v) is 3.68. The monoisotopic (exact) mass is 298 g/mol. The van der Waals surface area contributed by atoms with Crippen LogP contribution in [0.25, 0.3) is 21.8 Å². The first-order chi connectivity index (χ1) is 10.6. The van der Waals surface area contributed by atoms with E-state index in [1.807, 2.05) is 44.2 Å². The van der Waals surface area contributed by atoms with Gasteiger partial charge >= 0.3 is 0 Å². The maximum Gasteiger partial charge on any atom is 0.176 e. The van der Waals surface area contributed by atoms with Crippen molar-refractivity contribution < 1.29 is 9.84 Å². The van der Waals surface area contributed by atoms with E-state index in [0.29, 0.717) is 0 Å². The van der Waals surface area contributed by atoms with E-state index in [1.54, 1.807) is 6.92 Å². The second-order valence-electron chi connectivity index (χ2n) is 5.95. The molecule has 0 spiro atoms. The van der Waals surface area contributed by atoms with Crippen molar-refractivity contribution in [3.63, 3.8) is 0 Å². The molecule has 3 N–H and O–H groups in total. The SMILES string of the molecule is CC(C)NC(Oc1cccc2[nH]c3ccccc3c12)C(C)O. The molecule has 0 fully saturated rings. The molecule has 2 atom stereocenters. The van der Waals surface area contributed by atoms with Crippen molar-refractivity contribution >= 4 is 21.8 Å². The average Bonchev–Trinajstić information content (AvgIpc) is 2.85. The van der Waals surface area contributed by atoms with Gasteiger partial charge in [0.25, 0.3) is 0 Å². The third-order valence-electron chi connectivity index (χ3n) is 3.68. The minimum absolute atomic E-state index is 0.224. The summed E-state index contributed by atoms with van der Waals surface area (Å²) >= 11 is 0. The van der Waals surface area contributed by atoms with Gasteiger partial charge in [-0.1, -0.05) is 24.3 Å². The maximum atomic E-state index is 9.96. The normalized spacial score (nSPS) is 14.6. The van der Waals surface area contributed by atoms with Gasteiger partial charge in [0, 0.05) is 22.3 Å². The van der Waals surface area contributed by atoms with Crippen molar-refractivity contribution in [1.29, 1.82) is 0 Å². The molecular weight excluding hydrogens is 276 g/mol. The van der Waals surface area contributed by atoms with Crippen LogP contribution in [0.5, 0.6) is 5.75 Å². The number of ether oxygens (including phenoxy) is 1. The van der Waals surface area contributed by atoms with Crippen LogP contribution >= 0.6 is 0 Å². The molecule has 0 aliphatic carbocycles. The number of aromatic amines is 1. The number of para-hydroxylation sites is 1. The van der Waals surface area contributed by atoms with Gasteiger partial charge in [0.2, 0.25) is 0 Å². The van der Waals surface area contributed by atoms with E-state index in [4.69, 9.17) is 4.74 Å². The van der Waals surface area contributed by atoms with Crippen LogP contribution in [0.2, 0.25) is 0 Å². The number of rotatable bonds is 5. The number of hydrogen-bond acceptors (Lipinski definition) is 3. The van der Waals surface area contributed by atoms with Crippen molar-refractivity contribution in [3.05, 3.63) is 42.5 Å². The van der Waals surface area contributed by atoms with Gasteiger partial charge < -0.3 is 14.8 Å². The van der Waals surface area contributed by atoms with E-state index in [9.17, 15) is 5.11 Å². The Kier molecular flexibility index (Phi) is 4.05. The highest BCUT2D eigenvalue weighted by molar-refractivity contribution is 6.10. The minimum atomic E-state index is -0.608. The highest BCUT2D eigenvalue weighted by Crippen LogP contribution is 2.33. The lowest BCUT2D eigenvalue weighted by molar-refractivity contribution is 0.0228. The first-order valence-electron chi connectivity index (χ1n) is 7.66. The van der Waals surface area contributed by atoms with Crippen molar-refractivity contribution in [3.8, 4) is 5.75 Å². The Morgan fingerprint density at radius 1 is 1.00 bits per heavy atom. The molecule has 4 heteroatoms. The Hall–Kier alpha value is -2.04. The molecule has 22 heavy (non-hydrogen) atoms. The Bertz CT molecular complexity index is 777. The van der Waals surface area contributed by atoms with E-state index in [1.165, 1.54) is 0 Å². The molecule has 3 rings (SSSR count). The molecule has 2 unspecified atom stereocenters. The van der Waals surface area contributed by atoms with Crippen LogP contribution in [0, 0.1) is 0 Å². The molecule has 116 valence electrons. The fourth-order valence-corrected chi connectivity index (χ4v) is 2.70. The number of nitrogens with one attached hydrogen (secondary N) is 2. The second kappa shape index (κ2) is 5.99. The molecule has 0 amide bonds. The van der Waals surface area contributed by atoms with Crippen molar-refractivity contribution in [2.45, 2.75) is 39.1 Å². The molecule has 0 saturated heterocycles. The average molecular weight is 298 g/mol. The Labute approximate surface area is 130 Å². The van der Waals surface area contributed by atoms with Crippen LogP contribution < -0.4 is 10.1 Å². The van der Waals surface area contributed by atoms with Crippen LogP contribution in [-0.2, 0) is 0 Å². The molecule has 0 bridgehead atoms. The van der Waals surface area contributed by atoms with E-state index in [2.05, 4.69) is 22.4 Å². The lowest BCUT2D eigenvalue weighted by Gasteiger charge is -2.25. The molecule has 0 radical (unpaired) electrons. The van der Waals surface area contributed by atoms with Crippen LogP contribution in [0.15, 0.2) is 42.5 Å². The summed E-state index contributed by atoms with van der Waals surface area (Å²) < 4.78 is 6.09. The number of hydrogen-bond donors (Lipinski definition) is 3. The summed E-state index contributed by atoms with van der Waals surface area (Å²) in [4.78, 5) is 3.40. The Balaban J connectivity index is 2.06. The maximum absolute atomic E-state index is 9.96. The van der Waals surface area contributed by atoms with Gasteiger partial charge in [-0.05, 0) is 39.0 Å². The Morgan fingerprint density at radius 3 is 2.45 bits per heavy atom. The van der Waals surface area contributed by atoms with Crippen LogP contribution in [0.1, 0.15) is 20.8 Å². The van der Waals surface area contributed by atoms with Crippen LogP contribution in [0.3, 0.4) is 0 Å². The molecule has 3 aromatic rings. The van der Waals surface area contributed by atoms with E-state index in [0.717, 1.165) is 27.6 Å². The summed E-state index contributed by atoms with van der Waals surface area (Å²) in [5, 5.41) is 15.4. The smallest absolute Gasteiger partial charge is 0.176 e. The predicted molar refractivity (Wildman–Crippen MR) is 90.2 cm³/mol. The molecule has 4 nitrogen and oxygen atoms in total. The molecule has 1 aromatic heterocycles. The molecule has 1 heterocycles. The zero-order valence-electron chi connectivity index (χ0n) is 13.1. The number of H-pyrrole nitrogens is 1. The number of aromatic nitrogens is 1. The van der Waals surface area contributed by atoms with E-state index in [-0.39, 0.29) is 6.04 Å². The van der Waals surface area contributed by atoms with E-state index >= 15 is 0 Å². The highest BCUT2D eigenvalue weighted by Gasteiger charge is 2.19. The Morgan fingerprint density at radius 2 is 1.73 bits per heavy atom. The predicted octanol–water partition coefficient (Wildman–Crippen LogP) is 3.40. The van der Waals surface area contributed by atoms with Crippen molar-refractivity contribution in [2.75, 3.05) is 0 Å². The fourth-order valence-electron chi connectivity index (χ4n) is 2.70. The molecular formula is C18H22N2O2. The topological polar surface area (TPSA) is 57.3 Å². The minimum Gasteiger partial charge on any atom is -0.472 e. The summed E-state index contributed by atoms with van der Waals surface area (Å²) in [5.74, 6) is 0.772. The van der Waals surface area contributed by atoms with Crippen LogP contribution in [-0.4, -0.2) is 28.5 Å². The standard InChI is InChI=1S/C18H22N2O2/c1-11(2)19-18(12(3)21)22-16-10-6-9-15-17(16)13-7-4-5-8-14(13)20-15/h4-12,18-21H,1-3H3. The molecule has 2 aromatic carbocycles. The summed E-state index contributed by atoms with van der Waals surface area (Å²) in [5.41, 5.74) is 2.12. The van der Waals surface area contributed by atoms with Gasteiger partial charge in [-0.25, -0.2) is 0 Å². The first kappa shape index (κ1) is 14.9. The molecule has 0 saturated carbocycles. The summed E-state index contributed by atoms with van der Waals surface area (Å²) in [7, 11) is 0.